The van der Waals surface area contributed by atoms with Crippen LogP contribution in [0.2, 0.25) is 0 Å². The maximum Gasteiger partial charge on any atom is 0.226 e. The fourth-order valence-corrected chi connectivity index (χ4v) is 2.87. The van der Waals surface area contributed by atoms with Gasteiger partial charge in [0.1, 0.15) is 5.52 Å². The number of likely N-dealkylation sites (N-methyl/N-ethyl adjacent to an activating group) is 1. The summed E-state index contributed by atoms with van der Waals surface area (Å²) >= 11 is 1.78. The molecule has 3 rings (SSSR count). The molecule has 0 spiro atoms. The largest absolute Gasteiger partial charge is 0.357 e. The predicted octanol–water partition coefficient (Wildman–Crippen LogP) is 2.53. The highest BCUT2D eigenvalue weighted by Crippen LogP contribution is 2.22. The maximum atomic E-state index is 4.60. The molecule has 0 unspecified atom stereocenters. The molecule has 0 bridgehead atoms. The first-order chi connectivity index (χ1) is 10.3. The van der Waals surface area contributed by atoms with Crippen LogP contribution in [0.15, 0.2) is 23.8 Å². The first-order valence-corrected chi connectivity index (χ1v) is 7.84. The highest BCUT2D eigenvalue weighted by atomic mass is 32.1. The van der Waals surface area contributed by atoms with Gasteiger partial charge in [0.25, 0.3) is 0 Å². The Kier molecular flexibility index (Phi) is 4.01. The molecule has 0 aliphatic heterocycles. The van der Waals surface area contributed by atoms with Gasteiger partial charge in [-0.05, 0) is 24.8 Å². The third-order valence-electron chi connectivity index (χ3n) is 3.24. The molecule has 6 nitrogen and oxygen atoms in total. The minimum absolute atomic E-state index is 0.620. The second kappa shape index (κ2) is 6.09. The summed E-state index contributed by atoms with van der Waals surface area (Å²) in [5.41, 5.74) is 1.57. The first kappa shape index (κ1) is 13.8. The quantitative estimate of drug-likeness (QED) is 0.732. The predicted molar refractivity (Wildman–Crippen MR) is 87.1 cm³/mol. The molecule has 0 saturated carbocycles. The molecule has 0 fully saturated rings. The van der Waals surface area contributed by atoms with E-state index in [1.54, 1.807) is 17.7 Å². The average molecular weight is 302 g/mol. The zero-order valence-corrected chi connectivity index (χ0v) is 12.9. The van der Waals surface area contributed by atoms with Crippen molar-refractivity contribution in [1.82, 2.24) is 19.9 Å². The normalized spacial score (nSPS) is 11.0. The van der Waals surface area contributed by atoms with E-state index in [0.717, 1.165) is 30.8 Å². The number of imidazole rings is 1. The molecule has 2 N–H and O–H groups in total. The molecule has 0 saturated heterocycles. The van der Waals surface area contributed by atoms with Crippen LogP contribution in [0, 0.1) is 0 Å². The SMILES string of the molecule is CCNc1nc(N(C)CCc2cccs2)c2[nH]cnc2n1. The van der Waals surface area contributed by atoms with Gasteiger partial charge in [0.05, 0.1) is 6.33 Å². The Morgan fingerprint density at radius 2 is 2.29 bits per heavy atom. The van der Waals surface area contributed by atoms with E-state index in [-0.39, 0.29) is 0 Å². The second-order valence-electron chi connectivity index (χ2n) is 4.75. The van der Waals surface area contributed by atoms with E-state index in [2.05, 4.69) is 47.7 Å². The lowest BCUT2D eigenvalue weighted by Gasteiger charge is -2.18. The second-order valence-corrected chi connectivity index (χ2v) is 5.79. The van der Waals surface area contributed by atoms with E-state index >= 15 is 0 Å². The number of hydrogen-bond acceptors (Lipinski definition) is 6. The van der Waals surface area contributed by atoms with E-state index in [0.29, 0.717) is 11.6 Å². The first-order valence-electron chi connectivity index (χ1n) is 6.96. The highest BCUT2D eigenvalue weighted by Gasteiger charge is 2.13. The van der Waals surface area contributed by atoms with E-state index in [9.17, 15) is 0 Å². The molecule has 7 heteroatoms. The van der Waals surface area contributed by atoms with Crippen LogP contribution in [0.25, 0.3) is 11.2 Å². The Morgan fingerprint density at radius 3 is 3.05 bits per heavy atom. The highest BCUT2D eigenvalue weighted by molar-refractivity contribution is 7.09. The van der Waals surface area contributed by atoms with Crippen molar-refractivity contribution in [2.45, 2.75) is 13.3 Å². The zero-order valence-electron chi connectivity index (χ0n) is 12.1. The van der Waals surface area contributed by atoms with Crippen LogP contribution >= 0.6 is 11.3 Å². The van der Waals surface area contributed by atoms with Crippen LogP contribution in [0.5, 0.6) is 0 Å². The van der Waals surface area contributed by atoms with E-state index in [4.69, 9.17) is 0 Å². The Bertz CT molecular complexity index is 705. The molecular formula is C14H18N6S. The van der Waals surface area contributed by atoms with E-state index in [1.165, 1.54) is 4.88 Å². The van der Waals surface area contributed by atoms with Crippen molar-refractivity contribution >= 4 is 34.3 Å². The Morgan fingerprint density at radius 1 is 1.38 bits per heavy atom. The van der Waals surface area contributed by atoms with Crippen LogP contribution in [0.4, 0.5) is 11.8 Å². The van der Waals surface area contributed by atoms with Gasteiger partial charge in [0.15, 0.2) is 11.5 Å². The van der Waals surface area contributed by atoms with Gasteiger partial charge in [-0.2, -0.15) is 9.97 Å². The lowest BCUT2D eigenvalue weighted by Crippen LogP contribution is -2.22. The summed E-state index contributed by atoms with van der Waals surface area (Å²) in [5, 5.41) is 5.26. The van der Waals surface area contributed by atoms with Gasteiger partial charge in [-0.15, -0.1) is 11.3 Å². The Hall–Kier alpha value is -2.15. The number of nitrogens with one attached hydrogen (secondary N) is 2. The summed E-state index contributed by atoms with van der Waals surface area (Å²) in [6.45, 7) is 3.71. The molecule has 0 radical (unpaired) electrons. The fraction of sp³-hybridized carbons (Fsp3) is 0.357. The Balaban J connectivity index is 1.85. The number of aromatic amines is 1. The minimum Gasteiger partial charge on any atom is -0.357 e. The van der Waals surface area contributed by atoms with Gasteiger partial charge in [-0.25, -0.2) is 4.98 Å². The van der Waals surface area contributed by atoms with Gasteiger partial charge in [-0.3, -0.25) is 0 Å². The maximum absolute atomic E-state index is 4.60. The van der Waals surface area contributed by atoms with Crippen molar-refractivity contribution in [2.75, 3.05) is 30.4 Å². The van der Waals surface area contributed by atoms with Gasteiger partial charge >= 0.3 is 0 Å². The van der Waals surface area contributed by atoms with Crippen LogP contribution in [0.3, 0.4) is 0 Å². The number of nitrogens with zero attached hydrogens (tertiary/aromatic N) is 4. The molecule has 0 aliphatic carbocycles. The van der Waals surface area contributed by atoms with Crippen molar-refractivity contribution in [1.29, 1.82) is 0 Å². The van der Waals surface area contributed by atoms with Gasteiger partial charge in [0, 0.05) is 25.0 Å². The summed E-state index contributed by atoms with van der Waals surface area (Å²) in [5.74, 6) is 1.50. The summed E-state index contributed by atoms with van der Waals surface area (Å²) in [4.78, 5) is 19.9. The number of hydrogen-bond donors (Lipinski definition) is 2. The smallest absolute Gasteiger partial charge is 0.226 e. The molecule has 0 aliphatic rings. The summed E-state index contributed by atoms with van der Waals surface area (Å²) in [7, 11) is 2.05. The topological polar surface area (TPSA) is 69.7 Å². The molecule has 0 amide bonds. The average Bonchev–Trinajstić information content (AvgIpc) is 3.15. The number of rotatable bonds is 6. The summed E-state index contributed by atoms with van der Waals surface area (Å²) < 4.78 is 0. The fourth-order valence-electron chi connectivity index (χ4n) is 2.17. The molecule has 21 heavy (non-hydrogen) atoms. The minimum atomic E-state index is 0.620. The van der Waals surface area contributed by atoms with Crippen LogP contribution < -0.4 is 10.2 Å². The van der Waals surface area contributed by atoms with Crippen molar-refractivity contribution in [3.8, 4) is 0 Å². The molecule has 3 heterocycles. The molecule has 0 aromatic carbocycles. The van der Waals surface area contributed by atoms with Crippen LogP contribution in [0.1, 0.15) is 11.8 Å². The molecule has 3 aromatic rings. The van der Waals surface area contributed by atoms with Crippen LogP contribution in [-0.4, -0.2) is 40.1 Å². The van der Waals surface area contributed by atoms with Crippen molar-refractivity contribution in [2.24, 2.45) is 0 Å². The monoisotopic (exact) mass is 302 g/mol. The lowest BCUT2D eigenvalue weighted by atomic mass is 10.3. The molecule has 110 valence electrons. The van der Waals surface area contributed by atoms with E-state index < -0.39 is 0 Å². The van der Waals surface area contributed by atoms with Crippen molar-refractivity contribution < 1.29 is 0 Å². The number of anilines is 2. The third-order valence-corrected chi connectivity index (χ3v) is 4.17. The molecule has 0 atom stereocenters. The van der Waals surface area contributed by atoms with Crippen molar-refractivity contribution in [3.05, 3.63) is 28.7 Å². The lowest BCUT2D eigenvalue weighted by molar-refractivity contribution is 0.869. The summed E-state index contributed by atoms with van der Waals surface area (Å²) in [6.07, 6.45) is 2.66. The zero-order chi connectivity index (χ0) is 14.7. The Labute approximate surface area is 127 Å². The number of aromatic nitrogens is 4. The van der Waals surface area contributed by atoms with Crippen molar-refractivity contribution in [3.63, 3.8) is 0 Å². The van der Waals surface area contributed by atoms with Crippen LogP contribution in [-0.2, 0) is 6.42 Å². The molecular weight excluding hydrogens is 284 g/mol. The standard InChI is InChI=1S/C14H18N6S/c1-3-15-14-18-12-11(16-9-17-12)13(19-14)20(2)7-6-10-5-4-8-21-10/h4-5,8-9H,3,6-7H2,1-2H3,(H2,15,16,17,18,19). The van der Waals surface area contributed by atoms with Gasteiger partial charge in [0.2, 0.25) is 5.95 Å². The van der Waals surface area contributed by atoms with E-state index in [1.807, 2.05) is 14.0 Å². The third kappa shape index (κ3) is 2.97. The molecule has 3 aromatic heterocycles. The number of fused-ring (bicyclic) bond motifs is 1. The van der Waals surface area contributed by atoms with Gasteiger partial charge < -0.3 is 15.2 Å². The van der Waals surface area contributed by atoms with Gasteiger partial charge in [-0.1, -0.05) is 6.07 Å². The summed E-state index contributed by atoms with van der Waals surface area (Å²) in [6, 6.07) is 4.25. The number of thiophene rings is 1. The number of H-pyrrole nitrogens is 1.